The fourth-order valence-corrected chi connectivity index (χ4v) is 2.41. The number of benzene rings is 1. The van der Waals surface area contributed by atoms with Gasteiger partial charge in [0.25, 0.3) is 5.91 Å². The van der Waals surface area contributed by atoms with E-state index in [0.717, 1.165) is 5.56 Å². The van der Waals surface area contributed by atoms with Crippen molar-refractivity contribution in [2.75, 3.05) is 6.61 Å². The molecule has 1 N–H and O–H groups in total. The van der Waals surface area contributed by atoms with Crippen LogP contribution in [-0.2, 0) is 4.79 Å². The fraction of sp³-hybridized carbons (Fsp3) is 0.588. The van der Waals surface area contributed by atoms with Gasteiger partial charge in [-0.05, 0) is 51.8 Å². The summed E-state index contributed by atoms with van der Waals surface area (Å²) >= 11 is 0. The van der Waals surface area contributed by atoms with Crippen molar-refractivity contribution in [3.05, 3.63) is 29.8 Å². The minimum atomic E-state index is -0.446. The molecule has 1 amide bonds. The third-order valence-electron chi connectivity index (χ3n) is 3.41. The molecule has 0 aliphatic heterocycles. The third-order valence-corrected chi connectivity index (χ3v) is 3.41. The van der Waals surface area contributed by atoms with E-state index in [0.29, 0.717) is 12.2 Å². The van der Waals surface area contributed by atoms with Gasteiger partial charge in [-0.1, -0.05) is 19.1 Å². The molecule has 0 saturated heterocycles. The second-order valence-electron chi connectivity index (χ2n) is 5.77. The van der Waals surface area contributed by atoms with Crippen molar-refractivity contribution < 1.29 is 14.6 Å². The van der Waals surface area contributed by atoms with Gasteiger partial charge in [0.2, 0.25) is 0 Å². The Morgan fingerprint density at radius 3 is 2.10 bits per heavy atom. The van der Waals surface area contributed by atoms with Gasteiger partial charge in [-0.15, -0.1) is 0 Å². The monoisotopic (exact) mass is 293 g/mol. The van der Waals surface area contributed by atoms with Crippen LogP contribution in [0, 0.1) is 0 Å². The van der Waals surface area contributed by atoms with E-state index in [-0.39, 0.29) is 24.6 Å². The molecule has 4 heteroatoms. The molecule has 0 saturated carbocycles. The standard InChI is InChI=1S/C17H27NO3/c1-6-16(19)14-7-9-15(10-8-14)21-11-17(20)18(12(2)3)13(4)5/h7-10,12-13,16,19H,6,11H2,1-5H3. The van der Waals surface area contributed by atoms with Crippen LogP contribution in [0.3, 0.4) is 0 Å². The van der Waals surface area contributed by atoms with Crippen LogP contribution < -0.4 is 4.74 Å². The number of carbonyl (C=O) groups excluding carboxylic acids is 1. The minimum Gasteiger partial charge on any atom is -0.484 e. The third kappa shape index (κ3) is 5.05. The van der Waals surface area contributed by atoms with E-state index in [9.17, 15) is 9.90 Å². The zero-order valence-electron chi connectivity index (χ0n) is 13.7. The first-order valence-corrected chi connectivity index (χ1v) is 7.58. The van der Waals surface area contributed by atoms with Crippen molar-refractivity contribution in [2.24, 2.45) is 0 Å². The zero-order valence-corrected chi connectivity index (χ0v) is 13.7. The van der Waals surface area contributed by atoms with E-state index in [1.165, 1.54) is 0 Å². The number of aliphatic hydroxyl groups excluding tert-OH is 1. The van der Waals surface area contributed by atoms with Gasteiger partial charge in [-0.25, -0.2) is 0 Å². The number of hydrogen-bond acceptors (Lipinski definition) is 3. The first-order valence-electron chi connectivity index (χ1n) is 7.58. The highest BCUT2D eigenvalue weighted by Crippen LogP contribution is 2.20. The van der Waals surface area contributed by atoms with E-state index in [1.54, 1.807) is 12.1 Å². The van der Waals surface area contributed by atoms with Crippen LogP contribution in [0.25, 0.3) is 0 Å². The summed E-state index contributed by atoms with van der Waals surface area (Å²) in [5.41, 5.74) is 0.863. The maximum absolute atomic E-state index is 12.2. The van der Waals surface area contributed by atoms with Crippen molar-refractivity contribution in [1.29, 1.82) is 0 Å². The lowest BCUT2D eigenvalue weighted by Crippen LogP contribution is -2.44. The van der Waals surface area contributed by atoms with Gasteiger partial charge >= 0.3 is 0 Å². The first-order chi connectivity index (χ1) is 9.86. The van der Waals surface area contributed by atoms with Crippen LogP contribution in [0.2, 0.25) is 0 Å². The summed E-state index contributed by atoms with van der Waals surface area (Å²) in [7, 11) is 0. The lowest BCUT2D eigenvalue weighted by atomic mass is 10.1. The molecule has 0 bridgehead atoms. The van der Waals surface area contributed by atoms with Crippen molar-refractivity contribution in [3.8, 4) is 5.75 Å². The molecular weight excluding hydrogens is 266 g/mol. The Kier molecular flexibility index (Phi) is 6.69. The molecule has 1 aromatic carbocycles. The molecule has 0 aliphatic carbocycles. The quantitative estimate of drug-likeness (QED) is 0.840. The van der Waals surface area contributed by atoms with E-state index in [4.69, 9.17) is 4.74 Å². The highest BCUT2D eigenvalue weighted by molar-refractivity contribution is 5.78. The normalized spacial score (nSPS) is 12.6. The number of rotatable bonds is 7. The highest BCUT2D eigenvalue weighted by atomic mass is 16.5. The second kappa shape index (κ2) is 8.03. The Morgan fingerprint density at radius 1 is 1.14 bits per heavy atom. The number of aliphatic hydroxyl groups is 1. The SMILES string of the molecule is CCC(O)c1ccc(OCC(=O)N(C(C)C)C(C)C)cc1. The van der Waals surface area contributed by atoms with Gasteiger partial charge in [-0.2, -0.15) is 0 Å². The molecule has 1 unspecified atom stereocenters. The zero-order chi connectivity index (χ0) is 16.0. The smallest absolute Gasteiger partial charge is 0.260 e. The average molecular weight is 293 g/mol. The van der Waals surface area contributed by atoms with Crippen LogP contribution in [-0.4, -0.2) is 34.6 Å². The molecule has 0 radical (unpaired) electrons. The number of amides is 1. The summed E-state index contributed by atoms with van der Waals surface area (Å²) < 4.78 is 5.54. The largest absolute Gasteiger partial charge is 0.484 e. The molecular formula is C17H27NO3. The maximum Gasteiger partial charge on any atom is 0.260 e. The van der Waals surface area contributed by atoms with E-state index in [2.05, 4.69) is 0 Å². The van der Waals surface area contributed by atoms with Crippen LogP contribution in [0.5, 0.6) is 5.75 Å². The Hall–Kier alpha value is -1.55. The summed E-state index contributed by atoms with van der Waals surface area (Å²) in [4.78, 5) is 14.0. The molecule has 118 valence electrons. The highest BCUT2D eigenvalue weighted by Gasteiger charge is 2.20. The molecule has 21 heavy (non-hydrogen) atoms. The lowest BCUT2D eigenvalue weighted by Gasteiger charge is -2.30. The van der Waals surface area contributed by atoms with Crippen molar-refractivity contribution in [2.45, 2.75) is 59.2 Å². The Morgan fingerprint density at radius 2 is 1.67 bits per heavy atom. The van der Waals surface area contributed by atoms with Gasteiger partial charge < -0.3 is 14.7 Å². The van der Waals surface area contributed by atoms with Crippen LogP contribution in [0.4, 0.5) is 0 Å². The van der Waals surface area contributed by atoms with Crippen molar-refractivity contribution in [3.63, 3.8) is 0 Å². The number of hydrogen-bond donors (Lipinski definition) is 1. The topological polar surface area (TPSA) is 49.8 Å². The first kappa shape index (κ1) is 17.5. The molecule has 0 aromatic heterocycles. The van der Waals surface area contributed by atoms with Crippen molar-refractivity contribution >= 4 is 5.91 Å². The molecule has 1 atom stereocenters. The molecule has 4 nitrogen and oxygen atoms in total. The molecule has 1 rings (SSSR count). The Labute approximate surface area is 127 Å². The summed E-state index contributed by atoms with van der Waals surface area (Å²) in [6.45, 7) is 9.96. The van der Waals surface area contributed by atoms with Crippen LogP contribution >= 0.6 is 0 Å². The Bertz CT molecular complexity index is 432. The summed E-state index contributed by atoms with van der Waals surface area (Å²) in [5.74, 6) is 0.625. The number of ether oxygens (including phenoxy) is 1. The van der Waals surface area contributed by atoms with Crippen LogP contribution in [0.1, 0.15) is 52.7 Å². The minimum absolute atomic E-state index is 0.0160. The van der Waals surface area contributed by atoms with Crippen LogP contribution in [0.15, 0.2) is 24.3 Å². The van der Waals surface area contributed by atoms with Gasteiger partial charge in [0.1, 0.15) is 5.75 Å². The van der Waals surface area contributed by atoms with Gasteiger partial charge in [-0.3, -0.25) is 4.79 Å². The summed E-state index contributed by atoms with van der Waals surface area (Å²) in [6, 6.07) is 7.55. The lowest BCUT2D eigenvalue weighted by molar-refractivity contribution is -0.136. The van der Waals surface area contributed by atoms with Gasteiger partial charge in [0.15, 0.2) is 6.61 Å². The number of nitrogens with zero attached hydrogens (tertiary/aromatic N) is 1. The predicted octanol–water partition coefficient (Wildman–Crippen LogP) is 3.15. The summed E-state index contributed by atoms with van der Waals surface area (Å²) in [6.07, 6.45) is 0.231. The molecule has 0 aliphatic rings. The van der Waals surface area contributed by atoms with E-state index in [1.807, 2.05) is 51.7 Å². The Balaban J connectivity index is 2.60. The van der Waals surface area contributed by atoms with E-state index < -0.39 is 6.10 Å². The van der Waals surface area contributed by atoms with Gasteiger partial charge in [0, 0.05) is 12.1 Å². The molecule has 0 fully saturated rings. The van der Waals surface area contributed by atoms with Gasteiger partial charge in [0.05, 0.1) is 6.10 Å². The fourth-order valence-electron chi connectivity index (χ4n) is 2.41. The average Bonchev–Trinajstić information content (AvgIpc) is 2.44. The predicted molar refractivity (Wildman–Crippen MR) is 84.3 cm³/mol. The van der Waals surface area contributed by atoms with E-state index >= 15 is 0 Å². The molecule has 1 aromatic rings. The molecule has 0 spiro atoms. The summed E-state index contributed by atoms with van der Waals surface area (Å²) in [5, 5.41) is 9.73. The maximum atomic E-state index is 12.2. The molecule has 0 heterocycles. The number of carbonyl (C=O) groups is 1. The second-order valence-corrected chi connectivity index (χ2v) is 5.77. The van der Waals surface area contributed by atoms with Crippen molar-refractivity contribution in [1.82, 2.24) is 4.90 Å².